The number of anilines is 1. The van der Waals surface area contributed by atoms with Gasteiger partial charge >= 0.3 is 0 Å². The zero-order chi connectivity index (χ0) is 14.0. The Morgan fingerprint density at radius 3 is 2.89 bits per heavy atom. The molecule has 1 N–H and O–H groups in total. The van der Waals surface area contributed by atoms with E-state index in [1.165, 1.54) is 4.90 Å². The van der Waals surface area contributed by atoms with E-state index in [2.05, 4.69) is 10.4 Å². The fraction of sp³-hybridized carbons (Fsp3) is 0.583. The molecular formula is C12H18N4O3. The van der Waals surface area contributed by atoms with Gasteiger partial charge in [0, 0.05) is 13.3 Å². The van der Waals surface area contributed by atoms with Crippen LogP contribution in [0.2, 0.25) is 0 Å². The summed E-state index contributed by atoms with van der Waals surface area (Å²) in [5.41, 5.74) is -0.256. The molecule has 1 saturated heterocycles. The number of nitrogens with zero attached hydrogens (tertiary/aromatic N) is 3. The summed E-state index contributed by atoms with van der Waals surface area (Å²) in [7, 11) is 1.62. The lowest BCUT2D eigenvalue weighted by molar-refractivity contribution is -0.134. The molecule has 1 aromatic rings. The molecule has 0 aromatic carbocycles. The molecule has 0 saturated carbocycles. The Bertz CT molecular complexity index is 495. The maximum atomic E-state index is 12.3. The average Bonchev–Trinajstić information content (AvgIpc) is 2.79. The van der Waals surface area contributed by atoms with Gasteiger partial charge < -0.3 is 10.1 Å². The van der Waals surface area contributed by atoms with Crippen LogP contribution < -0.4 is 10.2 Å². The molecule has 1 aromatic heterocycles. The number of piperazine rings is 1. The summed E-state index contributed by atoms with van der Waals surface area (Å²) >= 11 is 0. The van der Waals surface area contributed by atoms with Gasteiger partial charge in [0.2, 0.25) is 5.91 Å². The normalized spacial score (nSPS) is 18.6. The number of carbonyl (C=O) groups excluding carboxylic acids is 2. The number of ether oxygens (including phenoxy) is 1. The zero-order valence-corrected chi connectivity index (χ0v) is 11.3. The number of hydrogen-bond donors (Lipinski definition) is 1. The van der Waals surface area contributed by atoms with Crippen molar-refractivity contribution in [2.24, 2.45) is 0 Å². The standard InChI is InChI=1S/C12H18N4O3/c1-12(2)11(18)16(8-10(17)14-12)9-6-13-15(7-9)4-5-19-3/h6-7H,4-5,8H2,1-3H3,(H,14,17). The van der Waals surface area contributed by atoms with Gasteiger partial charge in [-0.25, -0.2) is 0 Å². The van der Waals surface area contributed by atoms with Crippen molar-refractivity contribution < 1.29 is 14.3 Å². The summed E-state index contributed by atoms with van der Waals surface area (Å²) in [6, 6.07) is 0. The first-order chi connectivity index (χ1) is 8.94. The van der Waals surface area contributed by atoms with Crippen LogP contribution in [0, 0.1) is 0 Å². The quantitative estimate of drug-likeness (QED) is 0.817. The first-order valence-electron chi connectivity index (χ1n) is 6.08. The second-order valence-corrected chi connectivity index (χ2v) is 5.02. The van der Waals surface area contributed by atoms with Crippen LogP contribution in [0.25, 0.3) is 0 Å². The fourth-order valence-electron chi connectivity index (χ4n) is 2.00. The lowest BCUT2D eigenvalue weighted by Crippen LogP contribution is -2.64. The van der Waals surface area contributed by atoms with Crippen LogP contribution in [0.15, 0.2) is 12.4 Å². The molecule has 2 rings (SSSR count). The highest BCUT2D eigenvalue weighted by molar-refractivity contribution is 6.08. The van der Waals surface area contributed by atoms with E-state index in [1.54, 1.807) is 38.0 Å². The van der Waals surface area contributed by atoms with E-state index < -0.39 is 5.54 Å². The first-order valence-corrected chi connectivity index (χ1v) is 6.08. The summed E-state index contributed by atoms with van der Waals surface area (Å²) in [6.07, 6.45) is 3.33. The number of nitrogens with one attached hydrogen (secondary N) is 1. The smallest absolute Gasteiger partial charge is 0.252 e. The van der Waals surface area contributed by atoms with Crippen LogP contribution in [-0.4, -0.2) is 47.4 Å². The predicted octanol–water partition coefficient (Wildman–Crippen LogP) is -0.229. The summed E-state index contributed by atoms with van der Waals surface area (Å²) in [6.45, 7) is 4.55. The Hall–Kier alpha value is -1.89. The SMILES string of the molecule is COCCn1cc(N2CC(=O)NC(C)(C)C2=O)cn1. The minimum atomic E-state index is -0.885. The molecule has 104 valence electrons. The minimum absolute atomic E-state index is 0.0260. The van der Waals surface area contributed by atoms with Crippen molar-refractivity contribution in [2.45, 2.75) is 25.9 Å². The highest BCUT2D eigenvalue weighted by Crippen LogP contribution is 2.20. The lowest BCUT2D eigenvalue weighted by Gasteiger charge is -2.36. The zero-order valence-electron chi connectivity index (χ0n) is 11.3. The molecule has 0 radical (unpaired) electrons. The van der Waals surface area contributed by atoms with Gasteiger partial charge in [0.25, 0.3) is 5.91 Å². The Labute approximate surface area is 111 Å². The van der Waals surface area contributed by atoms with Gasteiger partial charge in [-0.2, -0.15) is 5.10 Å². The van der Waals surface area contributed by atoms with E-state index in [0.717, 1.165) is 0 Å². The van der Waals surface area contributed by atoms with Gasteiger partial charge in [0.1, 0.15) is 12.1 Å². The molecule has 0 aliphatic carbocycles. The van der Waals surface area contributed by atoms with Gasteiger partial charge in [-0.15, -0.1) is 0 Å². The van der Waals surface area contributed by atoms with Crippen LogP contribution in [0.3, 0.4) is 0 Å². The number of hydrogen-bond acceptors (Lipinski definition) is 4. The van der Waals surface area contributed by atoms with Crippen LogP contribution in [-0.2, 0) is 20.9 Å². The van der Waals surface area contributed by atoms with Crippen LogP contribution in [0.1, 0.15) is 13.8 Å². The highest BCUT2D eigenvalue weighted by atomic mass is 16.5. The molecule has 19 heavy (non-hydrogen) atoms. The van der Waals surface area contributed by atoms with E-state index in [4.69, 9.17) is 4.74 Å². The summed E-state index contributed by atoms with van der Waals surface area (Å²) in [5, 5.41) is 6.82. The third-order valence-electron chi connectivity index (χ3n) is 2.99. The van der Waals surface area contributed by atoms with Crippen molar-refractivity contribution in [1.29, 1.82) is 0 Å². The third-order valence-corrected chi connectivity index (χ3v) is 2.99. The fourth-order valence-corrected chi connectivity index (χ4v) is 2.00. The molecule has 2 amide bonds. The lowest BCUT2D eigenvalue weighted by atomic mass is 10.0. The monoisotopic (exact) mass is 266 g/mol. The van der Waals surface area contributed by atoms with Crippen molar-refractivity contribution in [1.82, 2.24) is 15.1 Å². The van der Waals surface area contributed by atoms with Gasteiger partial charge in [-0.05, 0) is 13.8 Å². The summed E-state index contributed by atoms with van der Waals surface area (Å²) < 4.78 is 6.65. The molecule has 0 bridgehead atoms. The van der Waals surface area contributed by atoms with Crippen LogP contribution in [0.4, 0.5) is 5.69 Å². The Kier molecular flexibility index (Phi) is 3.57. The van der Waals surface area contributed by atoms with Gasteiger partial charge in [0.05, 0.1) is 25.0 Å². The van der Waals surface area contributed by atoms with Crippen molar-refractivity contribution in [3.05, 3.63) is 12.4 Å². The molecule has 1 aliphatic rings. The number of amides is 2. The maximum Gasteiger partial charge on any atom is 0.252 e. The average molecular weight is 266 g/mol. The van der Waals surface area contributed by atoms with Gasteiger partial charge in [-0.3, -0.25) is 19.2 Å². The molecule has 0 unspecified atom stereocenters. The Morgan fingerprint density at radius 1 is 1.47 bits per heavy atom. The molecule has 1 aliphatic heterocycles. The molecule has 2 heterocycles. The van der Waals surface area contributed by atoms with Crippen molar-refractivity contribution in [3.8, 4) is 0 Å². The molecule has 7 heteroatoms. The highest BCUT2D eigenvalue weighted by Gasteiger charge is 2.40. The van der Waals surface area contributed by atoms with E-state index in [0.29, 0.717) is 18.8 Å². The topological polar surface area (TPSA) is 76.5 Å². The van der Waals surface area contributed by atoms with E-state index in [-0.39, 0.29) is 18.4 Å². The Morgan fingerprint density at radius 2 is 2.21 bits per heavy atom. The molecule has 0 spiro atoms. The summed E-state index contributed by atoms with van der Waals surface area (Å²) in [5.74, 6) is -0.312. The van der Waals surface area contributed by atoms with Crippen LogP contribution in [0.5, 0.6) is 0 Å². The molecule has 7 nitrogen and oxygen atoms in total. The van der Waals surface area contributed by atoms with Crippen LogP contribution >= 0.6 is 0 Å². The second kappa shape index (κ2) is 5.00. The minimum Gasteiger partial charge on any atom is -0.383 e. The number of rotatable bonds is 4. The molecular weight excluding hydrogens is 248 g/mol. The number of aromatic nitrogens is 2. The summed E-state index contributed by atoms with van der Waals surface area (Å²) in [4.78, 5) is 25.4. The van der Waals surface area contributed by atoms with Crippen molar-refractivity contribution in [2.75, 3.05) is 25.2 Å². The Balaban J connectivity index is 2.18. The molecule has 1 fully saturated rings. The van der Waals surface area contributed by atoms with E-state index >= 15 is 0 Å². The first kappa shape index (κ1) is 13.5. The van der Waals surface area contributed by atoms with Gasteiger partial charge in [-0.1, -0.05) is 0 Å². The van der Waals surface area contributed by atoms with Crippen molar-refractivity contribution in [3.63, 3.8) is 0 Å². The predicted molar refractivity (Wildman–Crippen MR) is 68.7 cm³/mol. The largest absolute Gasteiger partial charge is 0.383 e. The number of carbonyl (C=O) groups is 2. The maximum absolute atomic E-state index is 12.3. The third kappa shape index (κ3) is 2.76. The van der Waals surface area contributed by atoms with E-state index in [1.807, 2.05) is 0 Å². The second-order valence-electron chi connectivity index (χ2n) is 5.02. The van der Waals surface area contributed by atoms with E-state index in [9.17, 15) is 9.59 Å². The van der Waals surface area contributed by atoms with Crippen molar-refractivity contribution >= 4 is 17.5 Å². The molecule has 0 atom stereocenters. The van der Waals surface area contributed by atoms with Gasteiger partial charge in [0.15, 0.2) is 0 Å². The number of methoxy groups -OCH3 is 1.